The number of para-hydroxylation sites is 2. The first-order chi connectivity index (χ1) is 12.7. The van der Waals surface area contributed by atoms with E-state index in [0.717, 1.165) is 5.56 Å². The van der Waals surface area contributed by atoms with E-state index in [1.807, 2.05) is 48.5 Å². The topological polar surface area (TPSA) is 47.6 Å². The van der Waals surface area contributed by atoms with Crippen LogP contribution in [0.3, 0.4) is 0 Å². The highest BCUT2D eigenvalue weighted by molar-refractivity contribution is 6.30. The molecule has 0 aliphatic heterocycles. The van der Waals surface area contributed by atoms with Gasteiger partial charge in [-0.1, -0.05) is 54.1 Å². The summed E-state index contributed by atoms with van der Waals surface area (Å²) in [5.74, 6) is 0.921. The summed E-state index contributed by atoms with van der Waals surface area (Å²) in [5, 5.41) is 3.43. The number of carbonyl (C=O) groups excluding carboxylic acids is 1. The number of hydrogen-bond acceptors (Lipinski definition) is 3. The van der Waals surface area contributed by atoms with E-state index in [-0.39, 0.29) is 12.5 Å². The fourth-order valence-corrected chi connectivity index (χ4v) is 2.42. The summed E-state index contributed by atoms with van der Waals surface area (Å²) < 4.78 is 11.3. The van der Waals surface area contributed by atoms with Crippen LogP contribution in [0.4, 0.5) is 5.69 Å². The Hall–Kier alpha value is -2.98. The van der Waals surface area contributed by atoms with Crippen molar-refractivity contribution in [3.05, 3.63) is 89.4 Å². The van der Waals surface area contributed by atoms with E-state index in [4.69, 9.17) is 21.1 Å². The number of benzene rings is 3. The van der Waals surface area contributed by atoms with Gasteiger partial charge in [0.15, 0.2) is 6.61 Å². The Balaban J connectivity index is 1.56. The van der Waals surface area contributed by atoms with Crippen molar-refractivity contribution in [2.45, 2.75) is 6.61 Å². The van der Waals surface area contributed by atoms with Crippen LogP contribution in [0.2, 0.25) is 5.02 Å². The van der Waals surface area contributed by atoms with Gasteiger partial charge in [0.1, 0.15) is 18.1 Å². The van der Waals surface area contributed by atoms with E-state index < -0.39 is 0 Å². The number of hydrogen-bond donors (Lipinski definition) is 1. The van der Waals surface area contributed by atoms with E-state index >= 15 is 0 Å². The molecular formula is C21H18ClNO3. The third-order valence-corrected chi connectivity index (χ3v) is 3.83. The molecule has 0 bridgehead atoms. The Morgan fingerprint density at radius 2 is 1.54 bits per heavy atom. The Kier molecular flexibility index (Phi) is 6.12. The Morgan fingerprint density at radius 1 is 0.846 bits per heavy atom. The van der Waals surface area contributed by atoms with Crippen molar-refractivity contribution in [3.8, 4) is 11.5 Å². The third kappa shape index (κ3) is 5.26. The number of nitrogens with one attached hydrogen (secondary N) is 1. The molecule has 0 saturated heterocycles. The zero-order valence-electron chi connectivity index (χ0n) is 14.0. The molecule has 26 heavy (non-hydrogen) atoms. The van der Waals surface area contributed by atoms with E-state index in [9.17, 15) is 4.79 Å². The Morgan fingerprint density at radius 3 is 2.31 bits per heavy atom. The normalized spacial score (nSPS) is 10.2. The van der Waals surface area contributed by atoms with Gasteiger partial charge in [0.25, 0.3) is 5.91 Å². The van der Waals surface area contributed by atoms with Gasteiger partial charge in [0.2, 0.25) is 0 Å². The van der Waals surface area contributed by atoms with Crippen molar-refractivity contribution < 1.29 is 14.3 Å². The second kappa shape index (κ2) is 8.92. The maximum absolute atomic E-state index is 12.2. The molecule has 0 radical (unpaired) electrons. The first-order valence-corrected chi connectivity index (χ1v) is 8.52. The highest BCUT2D eigenvalue weighted by atomic mass is 35.5. The molecule has 3 rings (SSSR count). The number of rotatable bonds is 7. The molecule has 0 fully saturated rings. The van der Waals surface area contributed by atoms with Crippen LogP contribution in [0.25, 0.3) is 0 Å². The van der Waals surface area contributed by atoms with Gasteiger partial charge in [-0.05, 0) is 42.0 Å². The third-order valence-electron chi connectivity index (χ3n) is 3.58. The molecule has 0 aliphatic carbocycles. The SMILES string of the molecule is O=C(COc1ccc(Cl)cc1)Nc1ccccc1OCc1ccccc1. The first-order valence-electron chi connectivity index (χ1n) is 8.15. The molecule has 0 unspecified atom stereocenters. The standard InChI is InChI=1S/C21H18ClNO3/c22-17-10-12-18(13-11-17)25-15-21(24)23-19-8-4-5-9-20(19)26-14-16-6-2-1-3-7-16/h1-13H,14-15H2,(H,23,24). The number of ether oxygens (including phenoxy) is 2. The van der Waals surface area contributed by atoms with Crippen molar-refractivity contribution in [2.75, 3.05) is 11.9 Å². The maximum Gasteiger partial charge on any atom is 0.262 e. The molecule has 0 atom stereocenters. The van der Waals surface area contributed by atoms with Crippen LogP contribution in [0.5, 0.6) is 11.5 Å². The lowest BCUT2D eigenvalue weighted by molar-refractivity contribution is -0.118. The minimum Gasteiger partial charge on any atom is -0.487 e. The van der Waals surface area contributed by atoms with Crippen LogP contribution in [0.15, 0.2) is 78.9 Å². The summed E-state index contributed by atoms with van der Waals surface area (Å²) in [6.45, 7) is 0.323. The number of anilines is 1. The fraction of sp³-hybridized carbons (Fsp3) is 0.0952. The molecule has 132 valence electrons. The Bertz CT molecular complexity index is 851. The zero-order chi connectivity index (χ0) is 18.2. The molecule has 0 spiro atoms. The van der Waals surface area contributed by atoms with Gasteiger partial charge < -0.3 is 14.8 Å². The monoisotopic (exact) mass is 367 g/mol. The molecule has 5 heteroatoms. The summed E-state index contributed by atoms with van der Waals surface area (Å²) in [5.41, 5.74) is 1.66. The highest BCUT2D eigenvalue weighted by Gasteiger charge is 2.09. The maximum atomic E-state index is 12.2. The summed E-state index contributed by atoms with van der Waals surface area (Å²) >= 11 is 5.82. The summed E-state index contributed by atoms with van der Waals surface area (Å²) in [4.78, 5) is 12.2. The van der Waals surface area contributed by atoms with Gasteiger partial charge in [-0.15, -0.1) is 0 Å². The van der Waals surface area contributed by atoms with Gasteiger partial charge in [-0.25, -0.2) is 0 Å². The van der Waals surface area contributed by atoms with E-state index in [1.54, 1.807) is 30.3 Å². The molecule has 0 aliphatic rings. The van der Waals surface area contributed by atoms with Gasteiger partial charge in [-0.2, -0.15) is 0 Å². The van der Waals surface area contributed by atoms with Crippen LogP contribution >= 0.6 is 11.6 Å². The van der Waals surface area contributed by atoms with Crippen molar-refractivity contribution >= 4 is 23.2 Å². The minimum absolute atomic E-state index is 0.103. The van der Waals surface area contributed by atoms with Gasteiger partial charge in [-0.3, -0.25) is 4.79 Å². The highest BCUT2D eigenvalue weighted by Crippen LogP contribution is 2.25. The molecule has 4 nitrogen and oxygen atoms in total. The van der Waals surface area contributed by atoms with Gasteiger partial charge >= 0.3 is 0 Å². The number of carbonyl (C=O) groups is 1. The molecule has 1 amide bonds. The average Bonchev–Trinajstić information content (AvgIpc) is 2.68. The number of halogens is 1. The quantitative estimate of drug-likeness (QED) is 0.643. The van der Waals surface area contributed by atoms with E-state index in [2.05, 4.69) is 5.32 Å². The van der Waals surface area contributed by atoms with Crippen molar-refractivity contribution in [2.24, 2.45) is 0 Å². The molecule has 0 heterocycles. The van der Waals surface area contributed by atoms with Crippen LogP contribution in [0, 0.1) is 0 Å². The lowest BCUT2D eigenvalue weighted by Crippen LogP contribution is -2.20. The summed E-state index contributed by atoms with van der Waals surface area (Å²) in [7, 11) is 0. The van der Waals surface area contributed by atoms with E-state index in [1.165, 1.54) is 0 Å². The van der Waals surface area contributed by atoms with Crippen LogP contribution in [-0.2, 0) is 11.4 Å². The fourth-order valence-electron chi connectivity index (χ4n) is 2.30. The first kappa shape index (κ1) is 17.8. The molecule has 0 saturated carbocycles. The van der Waals surface area contributed by atoms with Gasteiger partial charge in [0.05, 0.1) is 5.69 Å². The van der Waals surface area contributed by atoms with Crippen molar-refractivity contribution in [1.29, 1.82) is 0 Å². The lowest BCUT2D eigenvalue weighted by Gasteiger charge is -2.13. The molecule has 3 aromatic rings. The molecule has 1 N–H and O–H groups in total. The number of amides is 1. The molecular weight excluding hydrogens is 350 g/mol. The van der Waals surface area contributed by atoms with Crippen LogP contribution in [-0.4, -0.2) is 12.5 Å². The average molecular weight is 368 g/mol. The largest absolute Gasteiger partial charge is 0.487 e. The predicted octanol–water partition coefficient (Wildman–Crippen LogP) is 4.94. The van der Waals surface area contributed by atoms with E-state index in [0.29, 0.717) is 28.8 Å². The minimum atomic E-state index is -0.268. The van der Waals surface area contributed by atoms with Gasteiger partial charge in [0, 0.05) is 5.02 Å². The summed E-state index contributed by atoms with van der Waals surface area (Å²) in [6.07, 6.45) is 0. The van der Waals surface area contributed by atoms with Crippen molar-refractivity contribution in [3.63, 3.8) is 0 Å². The molecule has 3 aromatic carbocycles. The zero-order valence-corrected chi connectivity index (χ0v) is 14.8. The van der Waals surface area contributed by atoms with Crippen molar-refractivity contribution in [1.82, 2.24) is 0 Å². The summed E-state index contributed by atoms with van der Waals surface area (Å²) in [6, 6.07) is 24.0. The lowest BCUT2D eigenvalue weighted by atomic mass is 10.2. The second-order valence-electron chi connectivity index (χ2n) is 5.56. The van der Waals surface area contributed by atoms with Crippen LogP contribution < -0.4 is 14.8 Å². The second-order valence-corrected chi connectivity index (χ2v) is 6.00. The smallest absolute Gasteiger partial charge is 0.262 e. The predicted molar refractivity (Wildman–Crippen MR) is 103 cm³/mol. The Labute approximate surface area is 157 Å². The molecule has 0 aromatic heterocycles. The van der Waals surface area contributed by atoms with Crippen LogP contribution in [0.1, 0.15) is 5.56 Å².